The van der Waals surface area contributed by atoms with Crippen LogP contribution in [0.25, 0.3) is 0 Å². The van der Waals surface area contributed by atoms with Gasteiger partial charge in [-0.3, -0.25) is 9.78 Å². The Morgan fingerprint density at radius 1 is 1.53 bits per heavy atom. The fraction of sp³-hybridized carbons (Fsp3) is 0.500. The molecule has 1 rings (SSSR count). The number of hydrogen-bond donors (Lipinski definition) is 2. The molecule has 0 spiro atoms. The molecule has 3 N–H and O–H groups in total. The zero-order valence-electron chi connectivity index (χ0n) is 11.1. The van der Waals surface area contributed by atoms with Crippen molar-refractivity contribution in [2.75, 3.05) is 6.54 Å². The van der Waals surface area contributed by atoms with Gasteiger partial charge in [0.25, 0.3) is 5.91 Å². The number of nitrogens with two attached hydrogens (primary N) is 1. The summed E-state index contributed by atoms with van der Waals surface area (Å²) in [6.07, 6.45) is 2.99. The lowest BCUT2D eigenvalue weighted by molar-refractivity contribution is 0.0883. The summed E-state index contributed by atoms with van der Waals surface area (Å²) in [7, 11) is 0. The van der Waals surface area contributed by atoms with Crippen LogP contribution in [0.15, 0.2) is 18.5 Å². The number of pyridine rings is 1. The number of carbonyl (C=O) groups is 1. The number of amides is 1. The molecule has 0 aliphatic rings. The Morgan fingerprint density at radius 2 is 2.11 bits per heavy atom. The third kappa shape index (κ3) is 5.15. The van der Waals surface area contributed by atoms with Crippen LogP contribution >= 0.6 is 36.4 Å². The Balaban J connectivity index is 0. The highest BCUT2D eigenvalue weighted by molar-refractivity contribution is 6.33. The lowest BCUT2D eigenvalue weighted by Crippen LogP contribution is -2.55. The Bertz CT molecular complexity index is 415. The van der Waals surface area contributed by atoms with E-state index in [1.807, 2.05) is 20.8 Å². The lowest BCUT2D eigenvalue weighted by Gasteiger charge is -2.33. The van der Waals surface area contributed by atoms with Crippen molar-refractivity contribution in [3.63, 3.8) is 0 Å². The standard InChI is InChI=1S/C12H18ClN3O.2ClH/c1-8(2)12(3,7-14)16-11(17)9-4-5-15-6-10(9)13;;/h4-6,8H,7,14H2,1-3H3,(H,16,17);2*1H. The van der Waals surface area contributed by atoms with Crippen molar-refractivity contribution >= 4 is 42.3 Å². The van der Waals surface area contributed by atoms with Gasteiger partial charge in [-0.1, -0.05) is 25.4 Å². The average molecular weight is 329 g/mol. The molecule has 7 heteroatoms. The molecule has 0 radical (unpaired) electrons. The molecule has 1 atom stereocenters. The maximum atomic E-state index is 12.1. The average Bonchev–Trinajstić information content (AvgIpc) is 2.29. The van der Waals surface area contributed by atoms with Crippen LogP contribution in [0.2, 0.25) is 5.02 Å². The van der Waals surface area contributed by atoms with Gasteiger partial charge in [0.2, 0.25) is 0 Å². The van der Waals surface area contributed by atoms with Crippen LogP contribution in [-0.2, 0) is 0 Å². The first-order valence-electron chi connectivity index (χ1n) is 5.53. The molecule has 4 nitrogen and oxygen atoms in total. The van der Waals surface area contributed by atoms with Crippen molar-refractivity contribution in [3.8, 4) is 0 Å². The van der Waals surface area contributed by atoms with Crippen LogP contribution in [0.4, 0.5) is 0 Å². The van der Waals surface area contributed by atoms with E-state index in [1.165, 1.54) is 12.4 Å². The van der Waals surface area contributed by atoms with Crippen LogP contribution in [0.1, 0.15) is 31.1 Å². The van der Waals surface area contributed by atoms with E-state index in [-0.39, 0.29) is 36.6 Å². The highest BCUT2D eigenvalue weighted by Crippen LogP contribution is 2.18. The number of aromatic nitrogens is 1. The molecular formula is C12H20Cl3N3O. The first-order chi connectivity index (χ1) is 7.90. The van der Waals surface area contributed by atoms with Gasteiger partial charge in [0.1, 0.15) is 0 Å². The summed E-state index contributed by atoms with van der Waals surface area (Å²) in [5.74, 6) is 0.0103. The van der Waals surface area contributed by atoms with E-state index in [0.29, 0.717) is 17.1 Å². The van der Waals surface area contributed by atoms with E-state index in [1.54, 1.807) is 6.07 Å². The van der Waals surface area contributed by atoms with Crippen molar-refractivity contribution in [3.05, 3.63) is 29.0 Å². The topological polar surface area (TPSA) is 68.0 Å². The van der Waals surface area contributed by atoms with E-state index >= 15 is 0 Å². The number of nitrogens with one attached hydrogen (secondary N) is 1. The summed E-state index contributed by atoms with van der Waals surface area (Å²) in [6, 6.07) is 1.59. The third-order valence-corrected chi connectivity index (χ3v) is 3.42. The number of rotatable bonds is 4. The predicted molar refractivity (Wildman–Crippen MR) is 83.5 cm³/mol. The summed E-state index contributed by atoms with van der Waals surface area (Å²) in [5.41, 5.74) is 5.69. The summed E-state index contributed by atoms with van der Waals surface area (Å²) in [6.45, 7) is 6.33. The normalized spacial score (nSPS) is 12.9. The van der Waals surface area contributed by atoms with Crippen LogP contribution in [-0.4, -0.2) is 23.0 Å². The number of hydrogen-bond acceptors (Lipinski definition) is 3. The van der Waals surface area contributed by atoms with E-state index in [2.05, 4.69) is 10.3 Å². The first kappa shape index (κ1) is 20.8. The maximum absolute atomic E-state index is 12.1. The SMILES string of the molecule is CC(C)C(C)(CN)NC(=O)c1ccncc1Cl.Cl.Cl. The van der Waals surface area contributed by atoms with Gasteiger partial charge in [-0.05, 0) is 18.9 Å². The molecule has 0 saturated carbocycles. The molecule has 1 aromatic heterocycles. The smallest absolute Gasteiger partial charge is 0.253 e. The number of nitrogens with zero attached hydrogens (tertiary/aromatic N) is 1. The summed E-state index contributed by atoms with van der Waals surface area (Å²) < 4.78 is 0. The van der Waals surface area contributed by atoms with Gasteiger partial charge in [0.05, 0.1) is 16.1 Å². The van der Waals surface area contributed by atoms with Crippen LogP contribution in [0, 0.1) is 5.92 Å². The summed E-state index contributed by atoms with van der Waals surface area (Å²) >= 11 is 5.92. The van der Waals surface area contributed by atoms with Gasteiger partial charge in [0, 0.05) is 18.9 Å². The van der Waals surface area contributed by atoms with E-state index in [4.69, 9.17) is 17.3 Å². The zero-order valence-corrected chi connectivity index (χ0v) is 13.5. The Morgan fingerprint density at radius 3 is 2.53 bits per heavy atom. The molecule has 0 saturated heterocycles. The minimum absolute atomic E-state index is 0. The van der Waals surface area contributed by atoms with Crippen LogP contribution < -0.4 is 11.1 Å². The highest BCUT2D eigenvalue weighted by atomic mass is 35.5. The highest BCUT2D eigenvalue weighted by Gasteiger charge is 2.29. The second-order valence-electron chi connectivity index (χ2n) is 4.59. The summed E-state index contributed by atoms with van der Waals surface area (Å²) in [4.78, 5) is 15.9. The molecule has 0 fully saturated rings. The second-order valence-corrected chi connectivity index (χ2v) is 4.99. The van der Waals surface area contributed by atoms with Crippen LogP contribution in [0.3, 0.4) is 0 Å². The Hall–Kier alpha value is -0.550. The van der Waals surface area contributed by atoms with Crippen molar-refractivity contribution < 1.29 is 4.79 Å². The molecule has 1 heterocycles. The van der Waals surface area contributed by atoms with Crippen molar-refractivity contribution in [1.29, 1.82) is 0 Å². The van der Waals surface area contributed by atoms with Crippen molar-refractivity contribution in [1.82, 2.24) is 10.3 Å². The third-order valence-electron chi connectivity index (χ3n) is 3.11. The van der Waals surface area contributed by atoms with Crippen LogP contribution in [0.5, 0.6) is 0 Å². The molecule has 110 valence electrons. The van der Waals surface area contributed by atoms with E-state index in [0.717, 1.165) is 0 Å². The molecule has 19 heavy (non-hydrogen) atoms. The largest absolute Gasteiger partial charge is 0.345 e. The van der Waals surface area contributed by atoms with Gasteiger partial charge in [0.15, 0.2) is 0 Å². The van der Waals surface area contributed by atoms with Gasteiger partial charge in [-0.15, -0.1) is 24.8 Å². The van der Waals surface area contributed by atoms with E-state index in [9.17, 15) is 4.79 Å². The minimum atomic E-state index is -0.441. The quantitative estimate of drug-likeness (QED) is 0.893. The number of halogens is 3. The zero-order chi connectivity index (χ0) is 13.1. The Labute approximate surface area is 131 Å². The van der Waals surface area contributed by atoms with Crippen molar-refractivity contribution in [2.45, 2.75) is 26.3 Å². The second kappa shape index (κ2) is 8.59. The molecule has 0 aromatic carbocycles. The molecule has 1 amide bonds. The monoisotopic (exact) mass is 327 g/mol. The van der Waals surface area contributed by atoms with Gasteiger partial charge in [-0.2, -0.15) is 0 Å². The van der Waals surface area contributed by atoms with E-state index < -0.39 is 5.54 Å². The number of carbonyl (C=O) groups excluding carboxylic acids is 1. The molecule has 1 aromatic rings. The maximum Gasteiger partial charge on any atom is 0.253 e. The molecule has 1 unspecified atom stereocenters. The minimum Gasteiger partial charge on any atom is -0.345 e. The molecule has 0 aliphatic carbocycles. The molecular weight excluding hydrogens is 309 g/mol. The Kier molecular flexibility index (Phi) is 9.38. The predicted octanol–water partition coefficient (Wildman–Crippen LogP) is 2.68. The summed E-state index contributed by atoms with van der Waals surface area (Å²) in [5, 5.41) is 3.26. The van der Waals surface area contributed by atoms with Gasteiger partial charge in [-0.25, -0.2) is 0 Å². The van der Waals surface area contributed by atoms with Gasteiger partial charge < -0.3 is 11.1 Å². The fourth-order valence-corrected chi connectivity index (χ4v) is 1.52. The van der Waals surface area contributed by atoms with Gasteiger partial charge >= 0.3 is 0 Å². The molecule has 0 bridgehead atoms. The molecule has 0 aliphatic heterocycles. The fourth-order valence-electron chi connectivity index (χ4n) is 1.32. The van der Waals surface area contributed by atoms with Crippen molar-refractivity contribution in [2.24, 2.45) is 11.7 Å². The first-order valence-corrected chi connectivity index (χ1v) is 5.90. The lowest BCUT2D eigenvalue weighted by atomic mass is 9.88.